The zero-order valence-corrected chi connectivity index (χ0v) is 13.7. The summed E-state index contributed by atoms with van der Waals surface area (Å²) < 4.78 is 10.3. The van der Waals surface area contributed by atoms with E-state index in [1.807, 2.05) is 30.3 Å². The first-order valence-electron chi connectivity index (χ1n) is 6.97. The lowest BCUT2D eigenvalue weighted by atomic mass is 9.93. The van der Waals surface area contributed by atoms with E-state index in [-0.39, 0.29) is 22.7 Å². The van der Waals surface area contributed by atoms with Crippen molar-refractivity contribution < 1.29 is 19.1 Å². The van der Waals surface area contributed by atoms with Crippen LogP contribution in [0, 0.1) is 0 Å². The zero-order chi connectivity index (χ0) is 15.1. The van der Waals surface area contributed by atoms with Gasteiger partial charge in [-0.2, -0.15) is 0 Å². The molecule has 1 fully saturated rings. The van der Waals surface area contributed by atoms with Gasteiger partial charge < -0.3 is 14.8 Å². The molecule has 0 spiro atoms. The summed E-state index contributed by atoms with van der Waals surface area (Å²) in [6.45, 7) is 0.222. The maximum atomic E-state index is 11.6. The van der Waals surface area contributed by atoms with Crippen molar-refractivity contribution in [3.05, 3.63) is 35.9 Å². The van der Waals surface area contributed by atoms with Crippen LogP contribution in [0.5, 0.6) is 0 Å². The number of amides is 1. The van der Waals surface area contributed by atoms with Crippen LogP contribution in [0.2, 0.25) is 0 Å². The number of nitrogens with one attached hydrogen (secondary N) is 1. The number of hydrogen-bond acceptors (Lipinski definition) is 4. The summed E-state index contributed by atoms with van der Waals surface area (Å²) in [5.41, 5.74) is 0.933. The lowest BCUT2D eigenvalue weighted by Crippen LogP contribution is -2.37. The molecule has 2 rings (SSSR count). The van der Waals surface area contributed by atoms with Crippen molar-refractivity contribution in [3.8, 4) is 0 Å². The minimum atomic E-state index is -0.625. The molecule has 1 N–H and O–H groups in total. The zero-order valence-electron chi connectivity index (χ0n) is 11.6. The van der Waals surface area contributed by atoms with Gasteiger partial charge in [0.05, 0.1) is 0 Å². The Morgan fingerprint density at radius 1 is 1.14 bits per heavy atom. The van der Waals surface area contributed by atoms with Gasteiger partial charge in [-0.05, 0) is 31.2 Å². The summed E-state index contributed by atoms with van der Waals surface area (Å²) in [5.74, 6) is 0. The van der Waals surface area contributed by atoms with Crippen molar-refractivity contribution in [1.82, 2.24) is 5.32 Å². The molecule has 114 valence electrons. The average molecular weight is 403 g/mol. The largest absolute Gasteiger partial charge is 0.508 e. The van der Waals surface area contributed by atoms with Gasteiger partial charge in [0.15, 0.2) is 0 Å². The number of carbonyl (C=O) groups excluding carboxylic acids is 2. The lowest BCUT2D eigenvalue weighted by Gasteiger charge is -2.27. The number of benzene rings is 1. The maximum Gasteiger partial charge on any atom is 0.508 e. The molecule has 5 nitrogen and oxygen atoms in total. The molecule has 1 aromatic rings. The van der Waals surface area contributed by atoms with Gasteiger partial charge in [0, 0.05) is 28.6 Å². The topological polar surface area (TPSA) is 64.6 Å². The van der Waals surface area contributed by atoms with Gasteiger partial charge in [-0.25, -0.2) is 4.79 Å². The van der Waals surface area contributed by atoms with Crippen LogP contribution in [0.15, 0.2) is 30.3 Å². The molecule has 0 unspecified atom stereocenters. The molecule has 0 heterocycles. The fourth-order valence-corrected chi connectivity index (χ4v) is 2.81. The minimum absolute atomic E-state index is 0.0424. The summed E-state index contributed by atoms with van der Waals surface area (Å²) in [6.07, 6.45) is 2.41. The van der Waals surface area contributed by atoms with Gasteiger partial charge in [-0.1, -0.05) is 30.3 Å². The van der Waals surface area contributed by atoms with Crippen LogP contribution in [0.25, 0.3) is 0 Å². The van der Waals surface area contributed by atoms with E-state index >= 15 is 0 Å². The summed E-state index contributed by atoms with van der Waals surface area (Å²) in [6, 6.07) is 9.68. The van der Waals surface area contributed by atoms with E-state index in [1.165, 1.54) is 0 Å². The van der Waals surface area contributed by atoms with E-state index in [4.69, 9.17) is 9.47 Å². The third-order valence-corrected chi connectivity index (χ3v) is 3.77. The van der Waals surface area contributed by atoms with E-state index in [0.29, 0.717) is 0 Å². The fourth-order valence-electron chi connectivity index (χ4n) is 2.37. The lowest BCUT2D eigenvalue weighted by molar-refractivity contribution is 0.00484. The average Bonchev–Trinajstić information content (AvgIpc) is 2.48. The molecule has 0 radical (unpaired) electrons. The second-order valence-electron chi connectivity index (χ2n) is 5.03. The number of hydrogen-bond donors (Lipinski definition) is 1. The van der Waals surface area contributed by atoms with E-state index in [9.17, 15) is 9.59 Å². The first-order chi connectivity index (χ1) is 10.1. The molecular formula is C15H18INO4. The van der Waals surface area contributed by atoms with E-state index in [0.717, 1.165) is 31.2 Å². The van der Waals surface area contributed by atoms with Crippen LogP contribution in [0.4, 0.5) is 9.59 Å². The number of carbonyl (C=O) groups is 2. The Kier molecular flexibility index (Phi) is 6.28. The molecular weight excluding hydrogens is 385 g/mol. The summed E-state index contributed by atoms with van der Waals surface area (Å²) in [5, 5.41) is 2.88. The second-order valence-corrected chi connectivity index (χ2v) is 6.01. The summed E-state index contributed by atoms with van der Waals surface area (Å²) in [7, 11) is 0. The normalized spacial score (nSPS) is 21.4. The molecule has 0 bridgehead atoms. The Bertz CT molecular complexity index is 472. The van der Waals surface area contributed by atoms with Gasteiger partial charge in [0.1, 0.15) is 12.7 Å². The van der Waals surface area contributed by atoms with Gasteiger partial charge in [0.25, 0.3) is 3.91 Å². The van der Waals surface area contributed by atoms with Gasteiger partial charge >= 0.3 is 6.16 Å². The van der Waals surface area contributed by atoms with Crippen molar-refractivity contribution in [2.75, 3.05) is 0 Å². The van der Waals surface area contributed by atoms with Crippen LogP contribution >= 0.6 is 22.6 Å². The molecule has 6 heteroatoms. The fraction of sp³-hybridized carbons (Fsp3) is 0.467. The first-order valence-corrected chi connectivity index (χ1v) is 8.04. The SMILES string of the molecule is O=C(I)NC1CCC(OC(=O)OCc2ccccc2)CC1. The summed E-state index contributed by atoms with van der Waals surface area (Å²) in [4.78, 5) is 22.6. The Labute approximate surface area is 137 Å². The molecule has 0 aromatic heterocycles. The number of halogens is 1. The Morgan fingerprint density at radius 3 is 2.43 bits per heavy atom. The predicted molar refractivity (Wildman–Crippen MR) is 86.3 cm³/mol. The maximum absolute atomic E-state index is 11.6. The molecule has 0 saturated heterocycles. The van der Waals surface area contributed by atoms with Gasteiger partial charge in [0.2, 0.25) is 0 Å². The molecule has 1 saturated carbocycles. The van der Waals surface area contributed by atoms with Crippen molar-refractivity contribution in [2.45, 2.75) is 44.4 Å². The highest BCUT2D eigenvalue weighted by atomic mass is 127. The molecule has 1 aromatic carbocycles. The second kappa shape index (κ2) is 8.21. The van der Waals surface area contributed by atoms with Crippen LogP contribution < -0.4 is 5.32 Å². The third-order valence-electron chi connectivity index (χ3n) is 3.45. The van der Waals surface area contributed by atoms with E-state index < -0.39 is 6.16 Å². The van der Waals surface area contributed by atoms with Crippen molar-refractivity contribution in [2.24, 2.45) is 0 Å². The van der Waals surface area contributed by atoms with E-state index in [2.05, 4.69) is 5.32 Å². The van der Waals surface area contributed by atoms with Crippen LogP contribution in [-0.4, -0.2) is 22.2 Å². The first kappa shape index (κ1) is 16.1. The Morgan fingerprint density at radius 2 is 1.81 bits per heavy atom. The van der Waals surface area contributed by atoms with Crippen LogP contribution in [0.1, 0.15) is 31.2 Å². The highest BCUT2D eigenvalue weighted by Crippen LogP contribution is 2.22. The quantitative estimate of drug-likeness (QED) is 0.360. The monoisotopic (exact) mass is 403 g/mol. The van der Waals surface area contributed by atoms with Crippen molar-refractivity contribution in [3.63, 3.8) is 0 Å². The van der Waals surface area contributed by atoms with Gasteiger partial charge in [-0.3, -0.25) is 4.79 Å². The van der Waals surface area contributed by atoms with E-state index in [1.54, 1.807) is 22.6 Å². The number of ether oxygens (including phenoxy) is 2. The Hall–Kier alpha value is -1.31. The molecule has 1 amide bonds. The molecule has 1 aliphatic rings. The minimum Gasteiger partial charge on any atom is -0.431 e. The molecule has 1 aliphatic carbocycles. The Balaban J connectivity index is 1.66. The summed E-state index contributed by atoms with van der Waals surface area (Å²) >= 11 is 1.73. The third kappa shape index (κ3) is 5.91. The molecule has 0 atom stereocenters. The molecule has 21 heavy (non-hydrogen) atoms. The molecule has 0 aliphatic heterocycles. The van der Waals surface area contributed by atoms with Crippen LogP contribution in [-0.2, 0) is 16.1 Å². The predicted octanol–water partition coefficient (Wildman–Crippen LogP) is 3.80. The highest BCUT2D eigenvalue weighted by molar-refractivity contribution is 14.1. The standard InChI is InChI=1S/C15H18INO4/c16-14(18)17-12-6-8-13(9-7-12)21-15(19)20-10-11-4-2-1-3-5-11/h1-5,12-13H,6-10H2,(H,17,18). The van der Waals surface area contributed by atoms with Crippen LogP contribution in [0.3, 0.4) is 0 Å². The smallest absolute Gasteiger partial charge is 0.431 e. The van der Waals surface area contributed by atoms with Crippen molar-refractivity contribution >= 4 is 32.7 Å². The van der Waals surface area contributed by atoms with Gasteiger partial charge in [-0.15, -0.1) is 0 Å². The highest BCUT2D eigenvalue weighted by Gasteiger charge is 2.25. The van der Waals surface area contributed by atoms with Crippen molar-refractivity contribution in [1.29, 1.82) is 0 Å². The number of rotatable bonds is 4.